The molecule has 2 aromatic rings. The van der Waals surface area contributed by atoms with Gasteiger partial charge in [-0.15, -0.1) is 11.3 Å². The second kappa shape index (κ2) is 6.22. The summed E-state index contributed by atoms with van der Waals surface area (Å²) in [5.41, 5.74) is 0. The molecule has 0 unspecified atom stereocenters. The van der Waals surface area contributed by atoms with Gasteiger partial charge in [-0.3, -0.25) is 4.79 Å². The topological polar surface area (TPSA) is 54.5 Å². The molecule has 0 radical (unpaired) electrons. The lowest BCUT2D eigenvalue weighted by atomic mass is 9.84. The Morgan fingerprint density at radius 1 is 1.35 bits per heavy atom. The number of thiazole rings is 1. The van der Waals surface area contributed by atoms with Crippen LogP contribution in [0.5, 0.6) is 5.06 Å². The van der Waals surface area contributed by atoms with E-state index in [0.717, 1.165) is 26.4 Å². The summed E-state index contributed by atoms with van der Waals surface area (Å²) in [6.07, 6.45) is 4.13. The molecule has 1 N–H and O–H groups in total. The van der Waals surface area contributed by atoms with Crippen LogP contribution in [0.3, 0.4) is 0 Å². The fraction of sp³-hybridized carbons (Fsp3) is 0.500. The molecule has 1 atom stereocenters. The van der Waals surface area contributed by atoms with Gasteiger partial charge < -0.3 is 15.0 Å². The first kappa shape index (κ1) is 15.1. The smallest absolute Gasteiger partial charge is 0.261 e. The van der Waals surface area contributed by atoms with Gasteiger partial charge in [0.2, 0.25) is 0 Å². The second-order valence-corrected chi connectivity index (χ2v) is 8.15. The molecule has 0 aromatic carbocycles. The molecule has 0 aliphatic carbocycles. The minimum Gasteiger partial charge on any atom is -0.486 e. The van der Waals surface area contributed by atoms with Crippen molar-refractivity contribution in [1.29, 1.82) is 0 Å². The minimum absolute atomic E-state index is 0.0449. The van der Waals surface area contributed by atoms with Crippen molar-refractivity contribution < 1.29 is 9.53 Å². The molecule has 2 bridgehead atoms. The lowest BCUT2D eigenvalue weighted by Gasteiger charge is -2.44. The van der Waals surface area contributed by atoms with E-state index in [4.69, 9.17) is 4.74 Å². The number of fused-ring (bicyclic) bond motifs is 3. The molecule has 7 heteroatoms. The van der Waals surface area contributed by atoms with Gasteiger partial charge >= 0.3 is 0 Å². The number of aromatic nitrogens is 1. The van der Waals surface area contributed by atoms with Gasteiger partial charge in [-0.2, -0.15) is 0 Å². The van der Waals surface area contributed by atoms with E-state index in [1.165, 1.54) is 48.6 Å². The maximum absolute atomic E-state index is 12.5. The average Bonchev–Trinajstić information content (AvgIpc) is 3.25. The second-order valence-electron chi connectivity index (χ2n) is 6.07. The molecule has 0 spiro atoms. The molecule has 1 amide bonds. The number of carbonyl (C=O) groups is 1. The Balaban J connectivity index is 1.45. The third kappa shape index (κ3) is 3.00. The van der Waals surface area contributed by atoms with Crippen LogP contribution in [0, 0.1) is 5.92 Å². The van der Waals surface area contributed by atoms with E-state index >= 15 is 0 Å². The molecule has 3 aliphatic rings. The van der Waals surface area contributed by atoms with Crippen LogP contribution in [-0.2, 0) is 0 Å². The van der Waals surface area contributed by atoms with Gasteiger partial charge in [0.25, 0.3) is 5.91 Å². The Morgan fingerprint density at radius 2 is 2.17 bits per heavy atom. The minimum atomic E-state index is 0.0449. The lowest BCUT2D eigenvalue weighted by Crippen LogP contribution is -2.57. The molecule has 0 saturated carbocycles. The van der Waals surface area contributed by atoms with E-state index in [2.05, 4.69) is 15.2 Å². The lowest BCUT2D eigenvalue weighted by molar-refractivity contribution is 0.0622. The summed E-state index contributed by atoms with van der Waals surface area (Å²) in [5.74, 6) is 0.690. The molecule has 23 heavy (non-hydrogen) atoms. The van der Waals surface area contributed by atoms with Crippen molar-refractivity contribution in [3.63, 3.8) is 0 Å². The summed E-state index contributed by atoms with van der Waals surface area (Å²) in [4.78, 5) is 21.1. The van der Waals surface area contributed by atoms with Gasteiger partial charge in [-0.05, 0) is 44.0 Å². The number of ether oxygens (including phenoxy) is 1. The Kier molecular flexibility index (Phi) is 4.09. The van der Waals surface area contributed by atoms with E-state index in [-0.39, 0.29) is 5.91 Å². The van der Waals surface area contributed by atoms with Crippen LogP contribution in [-0.4, -0.2) is 48.6 Å². The summed E-state index contributed by atoms with van der Waals surface area (Å²) >= 11 is 2.99. The quantitative estimate of drug-likeness (QED) is 0.922. The van der Waals surface area contributed by atoms with Gasteiger partial charge in [-0.25, -0.2) is 4.98 Å². The van der Waals surface area contributed by atoms with E-state index < -0.39 is 0 Å². The first-order valence-corrected chi connectivity index (χ1v) is 9.49. The number of rotatable bonds is 4. The number of methoxy groups -OCH3 is 1. The predicted molar refractivity (Wildman–Crippen MR) is 92.4 cm³/mol. The summed E-state index contributed by atoms with van der Waals surface area (Å²) in [5, 5.41) is 4.92. The number of piperidine rings is 3. The zero-order chi connectivity index (χ0) is 15.8. The molecule has 122 valence electrons. The van der Waals surface area contributed by atoms with Crippen LogP contribution in [0.15, 0.2) is 18.3 Å². The SMILES string of the molecule is COc1cnc(-c2ccc(C(=O)N[C@H]3CN4CCC3CC4)s2)s1. The fourth-order valence-electron chi connectivity index (χ4n) is 3.41. The maximum atomic E-state index is 12.5. The van der Waals surface area contributed by atoms with Crippen LogP contribution >= 0.6 is 22.7 Å². The zero-order valence-corrected chi connectivity index (χ0v) is 14.6. The highest BCUT2D eigenvalue weighted by atomic mass is 32.1. The Bertz CT molecular complexity index is 704. The number of hydrogen-bond donors (Lipinski definition) is 1. The summed E-state index contributed by atoms with van der Waals surface area (Å²) < 4.78 is 5.18. The van der Waals surface area contributed by atoms with Crippen molar-refractivity contribution in [3.05, 3.63) is 23.2 Å². The third-order valence-corrected chi connectivity index (χ3v) is 6.91. The van der Waals surface area contributed by atoms with Crippen LogP contribution in [0.2, 0.25) is 0 Å². The Morgan fingerprint density at radius 3 is 2.83 bits per heavy atom. The molecule has 3 fully saturated rings. The van der Waals surface area contributed by atoms with E-state index in [0.29, 0.717) is 12.0 Å². The highest BCUT2D eigenvalue weighted by Gasteiger charge is 2.35. The van der Waals surface area contributed by atoms with Gasteiger partial charge in [0.05, 0.1) is 23.1 Å². The van der Waals surface area contributed by atoms with Crippen molar-refractivity contribution in [1.82, 2.24) is 15.2 Å². The fourth-order valence-corrected chi connectivity index (χ4v) is 5.11. The van der Waals surface area contributed by atoms with Crippen molar-refractivity contribution >= 4 is 28.6 Å². The molecule has 2 aromatic heterocycles. The van der Waals surface area contributed by atoms with Crippen molar-refractivity contribution in [2.75, 3.05) is 26.7 Å². The Labute approximate surface area is 143 Å². The highest BCUT2D eigenvalue weighted by Crippen LogP contribution is 2.34. The standard InChI is InChI=1S/C16H19N3O2S2/c1-21-14-8-17-16(23-14)13-3-2-12(22-13)15(20)18-11-9-19-6-4-10(11)5-7-19/h2-3,8,10-11H,4-7,9H2,1H3,(H,18,20)/t11-/m0/s1. The monoisotopic (exact) mass is 349 g/mol. The maximum Gasteiger partial charge on any atom is 0.261 e. The average molecular weight is 349 g/mol. The summed E-state index contributed by atoms with van der Waals surface area (Å²) in [7, 11) is 1.64. The number of nitrogens with one attached hydrogen (secondary N) is 1. The van der Waals surface area contributed by atoms with Crippen molar-refractivity contribution in [2.24, 2.45) is 5.92 Å². The van der Waals surface area contributed by atoms with Gasteiger partial charge in [0.1, 0.15) is 5.01 Å². The molecule has 3 saturated heterocycles. The van der Waals surface area contributed by atoms with E-state index in [1.54, 1.807) is 13.3 Å². The molecule has 5 nitrogen and oxygen atoms in total. The van der Waals surface area contributed by atoms with Crippen molar-refractivity contribution in [2.45, 2.75) is 18.9 Å². The largest absolute Gasteiger partial charge is 0.486 e. The molecule has 5 heterocycles. The number of nitrogens with zero attached hydrogens (tertiary/aromatic N) is 2. The Hall–Kier alpha value is -1.44. The molecular formula is C16H19N3O2S2. The first-order valence-electron chi connectivity index (χ1n) is 7.86. The van der Waals surface area contributed by atoms with Gasteiger partial charge in [-0.1, -0.05) is 11.3 Å². The van der Waals surface area contributed by atoms with Crippen LogP contribution in [0.1, 0.15) is 22.5 Å². The normalized spacial score (nSPS) is 26.2. The zero-order valence-electron chi connectivity index (χ0n) is 12.9. The predicted octanol–water partition coefficient (Wildman–Crippen LogP) is 2.70. The molecular weight excluding hydrogens is 330 g/mol. The van der Waals surface area contributed by atoms with E-state index in [9.17, 15) is 4.79 Å². The van der Waals surface area contributed by atoms with Gasteiger partial charge in [0, 0.05) is 12.6 Å². The first-order chi connectivity index (χ1) is 11.2. The van der Waals surface area contributed by atoms with Gasteiger partial charge in [0.15, 0.2) is 5.06 Å². The van der Waals surface area contributed by atoms with Crippen LogP contribution in [0.4, 0.5) is 0 Å². The third-order valence-electron chi connectivity index (χ3n) is 4.70. The number of carbonyl (C=O) groups excluding carboxylic acids is 1. The van der Waals surface area contributed by atoms with Crippen LogP contribution < -0.4 is 10.1 Å². The van der Waals surface area contributed by atoms with E-state index in [1.807, 2.05) is 12.1 Å². The summed E-state index contributed by atoms with van der Waals surface area (Å²) in [6.45, 7) is 3.37. The van der Waals surface area contributed by atoms with Crippen LogP contribution in [0.25, 0.3) is 9.88 Å². The van der Waals surface area contributed by atoms with Crippen molar-refractivity contribution in [3.8, 4) is 14.9 Å². The number of hydrogen-bond acceptors (Lipinski definition) is 6. The number of amides is 1. The highest BCUT2D eigenvalue weighted by molar-refractivity contribution is 7.23. The number of thiophene rings is 1. The summed E-state index contributed by atoms with van der Waals surface area (Å²) in [6, 6.07) is 4.16. The molecule has 3 aliphatic heterocycles. The molecule has 5 rings (SSSR count).